The van der Waals surface area contributed by atoms with Gasteiger partial charge in [0, 0.05) is 60.1 Å². The van der Waals surface area contributed by atoms with Crippen LogP contribution in [-0.4, -0.2) is 90.4 Å². The van der Waals surface area contributed by atoms with E-state index in [0.29, 0.717) is 37.3 Å². The average molecular weight is 661 g/mol. The number of morpholine rings is 1. The van der Waals surface area contributed by atoms with Crippen LogP contribution in [0, 0.1) is 0 Å². The van der Waals surface area contributed by atoms with Crippen molar-refractivity contribution in [1.82, 2.24) is 9.80 Å². The maximum absolute atomic E-state index is 13.6. The Hall–Kier alpha value is -3.89. The smallest absolute Gasteiger partial charge is 0.336 e. The Kier molecular flexibility index (Phi) is 13.2. The molecule has 1 saturated heterocycles. The van der Waals surface area contributed by atoms with Crippen LogP contribution < -0.4 is 4.90 Å². The first kappa shape index (κ1) is 36.0. The van der Waals surface area contributed by atoms with Crippen molar-refractivity contribution in [1.29, 1.82) is 0 Å². The fourth-order valence-corrected chi connectivity index (χ4v) is 5.72. The highest BCUT2D eigenvalue weighted by molar-refractivity contribution is 6.46. The summed E-state index contributed by atoms with van der Waals surface area (Å²) in [6.45, 7) is 13.0. The van der Waals surface area contributed by atoms with Crippen molar-refractivity contribution in [2.24, 2.45) is 5.16 Å². The van der Waals surface area contributed by atoms with Crippen LogP contribution in [0.4, 0.5) is 17.1 Å². The number of para-hydroxylation sites is 1. The lowest BCUT2D eigenvalue weighted by atomic mass is 9.90. The minimum absolute atomic E-state index is 0.00730. The lowest BCUT2D eigenvalue weighted by Gasteiger charge is -2.39. The monoisotopic (exact) mass is 660 g/mol. The van der Waals surface area contributed by atoms with Crippen molar-refractivity contribution in [3.05, 3.63) is 90.0 Å². The number of nitrogens with zero attached hydrogens (tertiary/aromatic N) is 4. The molecule has 47 heavy (non-hydrogen) atoms. The largest absolute Gasteiger partial charge is 0.379 e. The number of alkyl halides is 1. The lowest BCUT2D eigenvalue weighted by molar-refractivity contribution is -0.143. The van der Waals surface area contributed by atoms with Gasteiger partial charge in [0.2, 0.25) is 5.78 Å². The van der Waals surface area contributed by atoms with Gasteiger partial charge in [-0.15, -0.1) is 11.6 Å². The molecule has 3 aromatic rings. The molecule has 0 unspecified atom stereocenters. The second kappa shape index (κ2) is 17.3. The molecule has 1 aliphatic heterocycles. The summed E-state index contributed by atoms with van der Waals surface area (Å²) in [6, 6.07) is 24.8. The summed E-state index contributed by atoms with van der Waals surface area (Å²) in [4.78, 5) is 50.6. The first-order valence-electron chi connectivity index (χ1n) is 16.2. The molecule has 0 aromatic heterocycles. The predicted octanol–water partition coefficient (Wildman–Crippen LogP) is 6.89. The van der Waals surface area contributed by atoms with Crippen molar-refractivity contribution >= 4 is 51.9 Å². The van der Waals surface area contributed by atoms with Gasteiger partial charge >= 0.3 is 5.97 Å². The number of halogens is 1. The van der Waals surface area contributed by atoms with E-state index in [1.165, 1.54) is 0 Å². The number of carbonyl (C=O) groups is 3. The van der Waals surface area contributed by atoms with Crippen LogP contribution in [0.1, 0.15) is 61.3 Å². The van der Waals surface area contributed by atoms with Crippen LogP contribution in [0.2, 0.25) is 0 Å². The normalized spacial score (nSPS) is 14.2. The van der Waals surface area contributed by atoms with E-state index in [1.807, 2.05) is 80.6 Å². The highest BCUT2D eigenvalue weighted by Crippen LogP contribution is 2.35. The number of anilines is 3. The molecular weight excluding hydrogens is 616 g/mol. The van der Waals surface area contributed by atoms with E-state index in [1.54, 1.807) is 12.1 Å². The summed E-state index contributed by atoms with van der Waals surface area (Å²) in [5.41, 5.74) is 3.21. The van der Waals surface area contributed by atoms with Gasteiger partial charge in [-0.3, -0.25) is 14.5 Å². The molecular formula is C37H45ClN4O5. The lowest BCUT2D eigenvalue weighted by Crippen LogP contribution is -2.54. The fourth-order valence-electron chi connectivity index (χ4n) is 5.57. The highest BCUT2D eigenvalue weighted by atomic mass is 35.5. The number of ether oxygens (including phenoxy) is 1. The molecule has 4 rings (SSSR count). The SMILES string of the molecule is CCN(CC)CC/C(=N\OC(=O)CCCl)C(=O)c1ccc(N(c2ccccc2)c2ccc(C(=O)C(C)(C)N3CCOCC3)cc2)cc1. The molecule has 0 radical (unpaired) electrons. The van der Waals surface area contributed by atoms with Gasteiger partial charge in [-0.25, -0.2) is 4.79 Å². The summed E-state index contributed by atoms with van der Waals surface area (Å²) in [6.07, 6.45) is 0.341. The summed E-state index contributed by atoms with van der Waals surface area (Å²) < 4.78 is 5.49. The number of benzene rings is 3. The molecule has 1 aliphatic rings. The van der Waals surface area contributed by atoms with E-state index in [0.717, 1.165) is 43.2 Å². The zero-order chi connectivity index (χ0) is 33.8. The van der Waals surface area contributed by atoms with Crippen molar-refractivity contribution in [3.8, 4) is 0 Å². The Balaban J connectivity index is 1.60. The van der Waals surface area contributed by atoms with Crippen LogP contribution in [0.5, 0.6) is 0 Å². The predicted molar refractivity (Wildman–Crippen MR) is 188 cm³/mol. The molecule has 0 aliphatic carbocycles. The third-order valence-corrected chi connectivity index (χ3v) is 8.71. The molecule has 1 fully saturated rings. The Morgan fingerprint density at radius 1 is 0.830 bits per heavy atom. The second-order valence-corrected chi connectivity index (χ2v) is 12.2. The van der Waals surface area contributed by atoms with Gasteiger partial charge in [-0.2, -0.15) is 0 Å². The number of carbonyl (C=O) groups excluding carboxylic acids is 3. The summed E-state index contributed by atoms with van der Waals surface area (Å²) in [5, 5.41) is 3.97. The number of oxime groups is 1. The zero-order valence-electron chi connectivity index (χ0n) is 27.8. The topological polar surface area (TPSA) is 91.8 Å². The molecule has 0 spiro atoms. The van der Waals surface area contributed by atoms with E-state index in [9.17, 15) is 14.4 Å². The Morgan fingerprint density at radius 2 is 1.38 bits per heavy atom. The maximum Gasteiger partial charge on any atom is 0.336 e. The van der Waals surface area contributed by atoms with E-state index >= 15 is 0 Å². The first-order valence-corrected chi connectivity index (χ1v) is 16.8. The first-order chi connectivity index (χ1) is 22.7. The van der Waals surface area contributed by atoms with Crippen LogP contribution in [-0.2, 0) is 14.4 Å². The standard InChI is InChI=1S/C37H45ClN4O5/c1-5-40(6-2)23-21-33(39-47-34(43)20-22-38)35(44)28-12-16-31(17-13-28)42(30-10-8-7-9-11-30)32-18-14-29(15-19-32)36(45)37(3,4)41-24-26-46-27-25-41/h7-19H,5-6,20-27H2,1-4H3/b39-33+. The van der Waals surface area contributed by atoms with Crippen LogP contribution in [0.15, 0.2) is 84.0 Å². The molecule has 0 amide bonds. The fraction of sp³-hybridized carbons (Fsp3) is 0.405. The van der Waals surface area contributed by atoms with Crippen molar-refractivity contribution in [3.63, 3.8) is 0 Å². The van der Waals surface area contributed by atoms with Crippen LogP contribution in [0.25, 0.3) is 0 Å². The second-order valence-electron chi connectivity index (χ2n) is 11.8. The molecule has 9 nitrogen and oxygen atoms in total. The van der Waals surface area contributed by atoms with Gasteiger partial charge in [-0.05, 0) is 87.6 Å². The van der Waals surface area contributed by atoms with E-state index < -0.39 is 11.5 Å². The third kappa shape index (κ3) is 9.35. The Morgan fingerprint density at radius 3 is 1.94 bits per heavy atom. The Bertz CT molecular complexity index is 1500. The van der Waals surface area contributed by atoms with Gasteiger partial charge in [-0.1, -0.05) is 37.2 Å². The van der Waals surface area contributed by atoms with E-state index in [2.05, 4.69) is 33.7 Å². The summed E-state index contributed by atoms with van der Waals surface area (Å²) in [5.74, 6) is -0.715. The number of hydrogen-bond acceptors (Lipinski definition) is 9. The zero-order valence-corrected chi connectivity index (χ0v) is 28.5. The summed E-state index contributed by atoms with van der Waals surface area (Å²) in [7, 11) is 0. The molecule has 0 N–H and O–H groups in total. The third-order valence-electron chi connectivity index (χ3n) is 8.52. The van der Waals surface area contributed by atoms with Gasteiger partial charge in [0.1, 0.15) is 5.71 Å². The van der Waals surface area contributed by atoms with Crippen LogP contribution >= 0.6 is 11.6 Å². The molecule has 3 aromatic carbocycles. The highest BCUT2D eigenvalue weighted by Gasteiger charge is 2.36. The van der Waals surface area contributed by atoms with E-state index in [4.69, 9.17) is 21.2 Å². The van der Waals surface area contributed by atoms with Gasteiger partial charge in [0.05, 0.1) is 25.2 Å². The number of ketones is 2. The Labute approximate surface area is 283 Å². The molecule has 10 heteroatoms. The minimum Gasteiger partial charge on any atom is -0.379 e. The molecule has 1 heterocycles. The summed E-state index contributed by atoms with van der Waals surface area (Å²) >= 11 is 5.66. The van der Waals surface area contributed by atoms with Crippen LogP contribution in [0.3, 0.4) is 0 Å². The average Bonchev–Trinajstić information content (AvgIpc) is 3.11. The molecule has 0 bridgehead atoms. The molecule has 0 saturated carbocycles. The molecule has 250 valence electrons. The van der Waals surface area contributed by atoms with Crippen molar-refractivity contribution < 1.29 is 24.0 Å². The van der Waals surface area contributed by atoms with E-state index in [-0.39, 0.29) is 29.6 Å². The number of hydrogen-bond donors (Lipinski definition) is 0. The van der Waals surface area contributed by atoms with Gasteiger partial charge in [0.15, 0.2) is 5.78 Å². The van der Waals surface area contributed by atoms with Crippen molar-refractivity contribution in [2.75, 3.05) is 56.7 Å². The van der Waals surface area contributed by atoms with Crippen molar-refractivity contribution in [2.45, 2.75) is 46.1 Å². The number of rotatable bonds is 16. The molecule has 0 atom stereocenters. The number of Topliss-reactive ketones (excluding diaryl/α,β-unsaturated/α-hetero) is 2. The van der Waals surface area contributed by atoms with Gasteiger partial charge in [0.25, 0.3) is 0 Å². The minimum atomic E-state index is -0.650. The quantitative estimate of drug-likeness (QED) is 0.0539. The maximum atomic E-state index is 13.6. The van der Waals surface area contributed by atoms with Gasteiger partial charge < -0.3 is 19.4 Å².